The van der Waals surface area contributed by atoms with E-state index >= 15 is 0 Å². The molecule has 0 nitrogen and oxygen atoms in total. The summed E-state index contributed by atoms with van der Waals surface area (Å²) in [6.07, 6.45) is 0. The van der Waals surface area contributed by atoms with E-state index in [1.54, 1.807) is 0 Å². The van der Waals surface area contributed by atoms with E-state index in [9.17, 15) is 0 Å². The highest BCUT2D eigenvalue weighted by molar-refractivity contribution is 6.35. The number of benzene rings is 8. The first-order chi connectivity index (χ1) is 22.8. The minimum Gasteiger partial charge on any atom is -0.0616 e. The molecule has 0 aromatic heterocycles. The standard InChI is InChI=1S/C46H28/c1-3-11-31-25-33(23-21-27(31)9-1)41-43-35-17-5-13-29-15-7-19-37(39(29)35)45(43)42(34-24-22-28-10-2-4-12-32(28)26-34)46-38-20-8-16-30-14-6-18-36(40(30)38)44(41)46/h1-26,43,45H. The monoisotopic (exact) mass is 580 g/mol. The first-order valence-corrected chi connectivity index (χ1v) is 16.3. The van der Waals surface area contributed by atoms with Crippen molar-refractivity contribution >= 4 is 65.4 Å². The molecule has 0 spiro atoms. The maximum absolute atomic E-state index is 2.44. The van der Waals surface area contributed by atoms with Gasteiger partial charge >= 0.3 is 0 Å². The highest BCUT2D eigenvalue weighted by Crippen LogP contribution is 2.67. The van der Waals surface area contributed by atoms with Crippen LogP contribution < -0.4 is 0 Å². The largest absolute Gasteiger partial charge is 0.0616 e. The van der Waals surface area contributed by atoms with Crippen LogP contribution in [0, 0.1) is 0 Å². The number of hydrogen-bond donors (Lipinski definition) is 0. The van der Waals surface area contributed by atoms with Gasteiger partial charge in [-0.25, -0.2) is 0 Å². The van der Waals surface area contributed by atoms with Gasteiger partial charge in [0.05, 0.1) is 0 Å². The van der Waals surface area contributed by atoms with E-state index in [4.69, 9.17) is 0 Å². The topological polar surface area (TPSA) is 0 Å². The average molecular weight is 581 g/mol. The molecule has 0 bridgehead atoms. The molecular formula is C46H28. The van der Waals surface area contributed by atoms with Gasteiger partial charge < -0.3 is 0 Å². The molecule has 3 aliphatic rings. The average Bonchev–Trinajstić information content (AvgIpc) is 3.63. The fourth-order valence-electron chi connectivity index (χ4n) is 9.18. The van der Waals surface area contributed by atoms with Crippen molar-refractivity contribution in [3.05, 3.63) is 191 Å². The van der Waals surface area contributed by atoms with Gasteiger partial charge in [0.2, 0.25) is 0 Å². The Labute approximate surface area is 267 Å². The van der Waals surface area contributed by atoms with Gasteiger partial charge in [-0.2, -0.15) is 0 Å². The van der Waals surface area contributed by atoms with Crippen molar-refractivity contribution in [2.75, 3.05) is 0 Å². The highest BCUT2D eigenvalue weighted by atomic mass is 14.5. The third-order valence-electron chi connectivity index (χ3n) is 10.9. The minimum atomic E-state index is 0.201. The van der Waals surface area contributed by atoms with E-state index in [2.05, 4.69) is 158 Å². The van der Waals surface area contributed by atoms with Crippen molar-refractivity contribution in [2.45, 2.75) is 11.8 Å². The molecule has 0 saturated carbocycles. The van der Waals surface area contributed by atoms with E-state index in [1.165, 1.54) is 98.8 Å². The smallest absolute Gasteiger partial charge is 0.0218 e. The Balaban J connectivity index is 1.35. The third kappa shape index (κ3) is 3.13. The van der Waals surface area contributed by atoms with E-state index in [1.807, 2.05) is 0 Å². The van der Waals surface area contributed by atoms with Gasteiger partial charge in [0, 0.05) is 11.8 Å². The minimum absolute atomic E-state index is 0.201. The highest BCUT2D eigenvalue weighted by Gasteiger charge is 2.47. The second kappa shape index (κ2) is 8.93. The summed E-state index contributed by atoms with van der Waals surface area (Å²) < 4.78 is 0. The number of fused-ring (bicyclic) bond motifs is 8. The predicted molar refractivity (Wildman–Crippen MR) is 195 cm³/mol. The lowest BCUT2D eigenvalue weighted by atomic mass is 9.66. The van der Waals surface area contributed by atoms with Gasteiger partial charge in [0.1, 0.15) is 0 Å². The fourth-order valence-corrected chi connectivity index (χ4v) is 9.18. The lowest BCUT2D eigenvalue weighted by Gasteiger charge is -2.36. The first-order valence-electron chi connectivity index (χ1n) is 16.3. The number of rotatable bonds is 2. The molecule has 3 aliphatic carbocycles. The van der Waals surface area contributed by atoms with Crippen LogP contribution in [0.4, 0.5) is 0 Å². The Morgan fingerprint density at radius 3 is 1.22 bits per heavy atom. The van der Waals surface area contributed by atoms with Crippen LogP contribution in [0.15, 0.2) is 158 Å². The quantitative estimate of drug-likeness (QED) is 0.191. The number of hydrogen-bond acceptors (Lipinski definition) is 0. The molecular weight excluding hydrogens is 553 g/mol. The summed E-state index contributed by atoms with van der Waals surface area (Å²) in [7, 11) is 0. The zero-order chi connectivity index (χ0) is 29.9. The normalized spacial score (nSPS) is 17.8. The van der Waals surface area contributed by atoms with Crippen molar-refractivity contribution < 1.29 is 0 Å². The molecule has 8 aromatic carbocycles. The van der Waals surface area contributed by atoms with Crippen LogP contribution in [-0.4, -0.2) is 0 Å². The molecule has 8 aromatic rings. The molecule has 0 amide bonds. The molecule has 0 fully saturated rings. The molecule has 0 saturated heterocycles. The van der Waals surface area contributed by atoms with Gasteiger partial charge in [-0.15, -0.1) is 0 Å². The summed E-state index contributed by atoms with van der Waals surface area (Å²) >= 11 is 0. The van der Waals surface area contributed by atoms with Crippen molar-refractivity contribution in [1.29, 1.82) is 0 Å². The molecule has 2 unspecified atom stereocenters. The molecule has 0 radical (unpaired) electrons. The number of allylic oxidation sites excluding steroid dienone is 4. The summed E-state index contributed by atoms with van der Waals surface area (Å²) in [5.74, 6) is 0.402. The van der Waals surface area contributed by atoms with E-state index in [0.717, 1.165) is 0 Å². The van der Waals surface area contributed by atoms with E-state index in [-0.39, 0.29) is 11.8 Å². The second-order valence-electron chi connectivity index (χ2n) is 13.2. The molecule has 0 aliphatic heterocycles. The Morgan fingerprint density at radius 1 is 0.304 bits per heavy atom. The summed E-state index contributed by atoms with van der Waals surface area (Å²) in [5.41, 5.74) is 14.0. The van der Waals surface area contributed by atoms with Crippen LogP contribution in [0.3, 0.4) is 0 Å². The van der Waals surface area contributed by atoms with Gasteiger partial charge in [-0.05, 0) is 111 Å². The van der Waals surface area contributed by atoms with Gasteiger partial charge in [0.25, 0.3) is 0 Å². The van der Waals surface area contributed by atoms with Gasteiger partial charge in [-0.1, -0.05) is 146 Å². The SMILES string of the molecule is c1ccc2cc(C3=C4C(=C(c5ccc6ccccc6c5)C5c6cccc7cccc(c67)C35)c3cccc5cccc4c35)ccc2c1. The molecule has 2 atom stereocenters. The Kier molecular flexibility index (Phi) is 4.77. The van der Waals surface area contributed by atoms with Crippen LogP contribution >= 0.6 is 0 Å². The summed E-state index contributed by atoms with van der Waals surface area (Å²) in [6, 6.07) is 59.6. The van der Waals surface area contributed by atoms with E-state index < -0.39 is 0 Å². The van der Waals surface area contributed by atoms with Crippen LogP contribution in [0.1, 0.15) is 45.2 Å². The molecule has 212 valence electrons. The van der Waals surface area contributed by atoms with Crippen LogP contribution in [0.2, 0.25) is 0 Å². The molecule has 0 heterocycles. The van der Waals surface area contributed by atoms with Gasteiger partial charge in [0.15, 0.2) is 0 Å². The molecule has 0 N–H and O–H groups in total. The van der Waals surface area contributed by atoms with Crippen molar-refractivity contribution in [3.63, 3.8) is 0 Å². The molecule has 46 heavy (non-hydrogen) atoms. The lowest BCUT2D eigenvalue weighted by molar-refractivity contribution is 0.808. The maximum atomic E-state index is 2.44. The van der Waals surface area contributed by atoms with Crippen LogP contribution in [-0.2, 0) is 0 Å². The fraction of sp³-hybridized carbons (Fsp3) is 0.0435. The Hall–Kier alpha value is -5.72. The zero-order valence-corrected chi connectivity index (χ0v) is 25.2. The maximum Gasteiger partial charge on any atom is 0.0218 e. The Bertz CT molecular complexity index is 2520. The zero-order valence-electron chi connectivity index (χ0n) is 25.2. The third-order valence-corrected chi connectivity index (χ3v) is 10.9. The van der Waals surface area contributed by atoms with E-state index in [0.29, 0.717) is 0 Å². The van der Waals surface area contributed by atoms with Crippen molar-refractivity contribution in [1.82, 2.24) is 0 Å². The van der Waals surface area contributed by atoms with Crippen LogP contribution in [0.25, 0.3) is 65.4 Å². The summed E-state index contributed by atoms with van der Waals surface area (Å²) in [5, 5.41) is 10.6. The van der Waals surface area contributed by atoms with Crippen molar-refractivity contribution in [2.24, 2.45) is 0 Å². The lowest BCUT2D eigenvalue weighted by Crippen LogP contribution is -2.17. The summed E-state index contributed by atoms with van der Waals surface area (Å²) in [4.78, 5) is 0. The first kappa shape index (κ1) is 24.6. The second-order valence-corrected chi connectivity index (χ2v) is 13.2. The summed E-state index contributed by atoms with van der Waals surface area (Å²) in [6.45, 7) is 0. The molecule has 11 rings (SSSR count). The molecule has 0 heteroatoms. The Morgan fingerprint density at radius 2 is 0.717 bits per heavy atom. The van der Waals surface area contributed by atoms with Crippen LogP contribution in [0.5, 0.6) is 0 Å². The van der Waals surface area contributed by atoms with Crippen molar-refractivity contribution in [3.8, 4) is 0 Å². The van der Waals surface area contributed by atoms with Gasteiger partial charge in [-0.3, -0.25) is 0 Å². The predicted octanol–water partition coefficient (Wildman–Crippen LogP) is 12.0.